The van der Waals surface area contributed by atoms with Crippen LogP contribution in [0.1, 0.15) is 22.3 Å². The van der Waals surface area contributed by atoms with E-state index in [4.69, 9.17) is 5.26 Å². The number of nitrogens with one attached hydrogen (secondary N) is 1. The Hall–Kier alpha value is -2.34. The Morgan fingerprint density at radius 2 is 1.83 bits per heavy atom. The lowest BCUT2D eigenvalue weighted by atomic mass is 10.0. The zero-order chi connectivity index (χ0) is 13.3. The molecule has 0 radical (unpaired) electrons. The van der Waals surface area contributed by atoms with E-state index in [0.29, 0.717) is 5.56 Å². The molecule has 1 aromatic carbocycles. The summed E-state index contributed by atoms with van der Waals surface area (Å²) in [7, 11) is 0. The third-order valence-corrected chi connectivity index (χ3v) is 3.01. The van der Waals surface area contributed by atoms with Gasteiger partial charge in [-0.25, -0.2) is 0 Å². The highest BCUT2D eigenvalue weighted by Crippen LogP contribution is 2.22. The summed E-state index contributed by atoms with van der Waals surface area (Å²) < 4.78 is 0. The first-order valence-electron chi connectivity index (χ1n) is 5.74. The van der Waals surface area contributed by atoms with Crippen LogP contribution in [-0.2, 0) is 0 Å². The number of benzene rings is 1. The fraction of sp³-hybridized carbons (Fsp3) is 0.200. The predicted molar refractivity (Wildman–Crippen MR) is 71.4 cm³/mol. The summed E-state index contributed by atoms with van der Waals surface area (Å²) in [6, 6.07) is 9.83. The van der Waals surface area contributed by atoms with Gasteiger partial charge in [-0.3, -0.25) is 4.79 Å². The maximum absolute atomic E-state index is 11.8. The highest BCUT2D eigenvalue weighted by Gasteiger charge is 2.08. The van der Waals surface area contributed by atoms with E-state index in [0.717, 1.165) is 16.8 Å². The average molecular weight is 238 g/mol. The fourth-order valence-corrected chi connectivity index (χ4v) is 2.09. The van der Waals surface area contributed by atoms with E-state index in [2.05, 4.69) is 11.1 Å². The van der Waals surface area contributed by atoms with Crippen LogP contribution in [0.5, 0.6) is 0 Å². The van der Waals surface area contributed by atoms with Crippen LogP contribution in [0.4, 0.5) is 0 Å². The van der Waals surface area contributed by atoms with Crippen molar-refractivity contribution in [2.24, 2.45) is 0 Å². The molecule has 1 aromatic heterocycles. The zero-order valence-electron chi connectivity index (χ0n) is 10.7. The number of hydrogen-bond acceptors (Lipinski definition) is 2. The molecule has 1 heterocycles. The van der Waals surface area contributed by atoms with Crippen molar-refractivity contribution in [3.8, 4) is 17.3 Å². The van der Waals surface area contributed by atoms with Crippen molar-refractivity contribution >= 4 is 0 Å². The maximum Gasteiger partial charge on any atom is 0.266 e. The third-order valence-electron chi connectivity index (χ3n) is 3.01. The minimum absolute atomic E-state index is 0.184. The van der Waals surface area contributed by atoms with E-state index >= 15 is 0 Å². The molecule has 3 nitrogen and oxygen atoms in total. The second-order valence-electron chi connectivity index (χ2n) is 4.50. The van der Waals surface area contributed by atoms with E-state index < -0.39 is 0 Å². The Morgan fingerprint density at radius 1 is 1.11 bits per heavy atom. The SMILES string of the molecule is Cc1ccc(-c2cc(C)c(C#N)c(=O)[nH]2)c(C)c1. The molecule has 0 bridgehead atoms. The lowest BCUT2D eigenvalue weighted by Gasteiger charge is -2.08. The molecule has 2 rings (SSSR count). The van der Waals surface area contributed by atoms with Gasteiger partial charge in [0.2, 0.25) is 0 Å². The van der Waals surface area contributed by atoms with E-state index in [1.54, 1.807) is 6.92 Å². The van der Waals surface area contributed by atoms with Crippen molar-refractivity contribution in [2.45, 2.75) is 20.8 Å². The van der Waals surface area contributed by atoms with Crippen LogP contribution in [0.25, 0.3) is 11.3 Å². The summed E-state index contributed by atoms with van der Waals surface area (Å²) >= 11 is 0. The van der Waals surface area contributed by atoms with Crippen molar-refractivity contribution in [3.63, 3.8) is 0 Å². The van der Waals surface area contributed by atoms with Crippen LogP contribution in [-0.4, -0.2) is 4.98 Å². The van der Waals surface area contributed by atoms with Gasteiger partial charge >= 0.3 is 0 Å². The number of aromatic nitrogens is 1. The summed E-state index contributed by atoms with van der Waals surface area (Å²) in [5, 5.41) is 8.88. The van der Waals surface area contributed by atoms with Crippen molar-refractivity contribution in [2.75, 3.05) is 0 Å². The lowest BCUT2D eigenvalue weighted by Crippen LogP contribution is -2.13. The summed E-state index contributed by atoms with van der Waals surface area (Å²) in [6.07, 6.45) is 0. The highest BCUT2D eigenvalue weighted by molar-refractivity contribution is 5.65. The monoisotopic (exact) mass is 238 g/mol. The van der Waals surface area contributed by atoms with Crippen LogP contribution >= 0.6 is 0 Å². The fourth-order valence-electron chi connectivity index (χ4n) is 2.09. The third kappa shape index (κ3) is 2.05. The van der Waals surface area contributed by atoms with Crippen LogP contribution in [0.3, 0.4) is 0 Å². The number of rotatable bonds is 1. The number of hydrogen-bond donors (Lipinski definition) is 1. The number of nitrogens with zero attached hydrogens (tertiary/aromatic N) is 1. The van der Waals surface area contributed by atoms with Crippen LogP contribution in [0.15, 0.2) is 29.1 Å². The van der Waals surface area contributed by atoms with Gasteiger partial charge in [0.1, 0.15) is 11.6 Å². The van der Waals surface area contributed by atoms with E-state index in [9.17, 15) is 4.79 Å². The molecular weight excluding hydrogens is 224 g/mol. The molecule has 0 atom stereocenters. The van der Waals surface area contributed by atoms with Gasteiger partial charge in [0.15, 0.2) is 0 Å². The van der Waals surface area contributed by atoms with Gasteiger partial charge in [-0.1, -0.05) is 23.8 Å². The Labute approximate surface area is 106 Å². The molecule has 18 heavy (non-hydrogen) atoms. The van der Waals surface area contributed by atoms with Gasteiger partial charge in [-0.15, -0.1) is 0 Å². The Morgan fingerprint density at radius 3 is 2.39 bits per heavy atom. The molecule has 0 saturated carbocycles. The van der Waals surface area contributed by atoms with Crippen LogP contribution < -0.4 is 5.56 Å². The summed E-state index contributed by atoms with van der Waals surface area (Å²) in [4.78, 5) is 14.5. The number of aryl methyl sites for hydroxylation is 3. The predicted octanol–water partition coefficient (Wildman–Crippen LogP) is 2.84. The maximum atomic E-state index is 11.8. The molecule has 0 saturated heterocycles. The molecule has 0 amide bonds. The lowest BCUT2D eigenvalue weighted by molar-refractivity contribution is 1.18. The van der Waals surface area contributed by atoms with Crippen molar-refractivity contribution in [1.29, 1.82) is 5.26 Å². The quantitative estimate of drug-likeness (QED) is 0.830. The van der Waals surface area contributed by atoms with Gasteiger partial charge in [-0.2, -0.15) is 5.26 Å². The minimum atomic E-state index is -0.326. The summed E-state index contributed by atoms with van der Waals surface area (Å²) in [5.41, 5.74) is 4.60. The first-order valence-corrected chi connectivity index (χ1v) is 5.74. The van der Waals surface area contributed by atoms with Gasteiger partial charge in [0, 0.05) is 11.3 Å². The molecule has 90 valence electrons. The molecule has 3 heteroatoms. The molecule has 0 aliphatic carbocycles. The largest absolute Gasteiger partial charge is 0.321 e. The Kier molecular flexibility index (Phi) is 3.03. The first kappa shape index (κ1) is 12.1. The van der Waals surface area contributed by atoms with Crippen LogP contribution in [0, 0.1) is 32.1 Å². The van der Waals surface area contributed by atoms with Gasteiger partial charge in [0.25, 0.3) is 5.56 Å². The topological polar surface area (TPSA) is 56.6 Å². The van der Waals surface area contributed by atoms with Gasteiger partial charge in [-0.05, 0) is 38.0 Å². The van der Waals surface area contributed by atoms with Crippen molar-refractivity contribution in [3.05, 3.63) is 56.9 Å². The van der Waals surface area contributed by atoms with Gasteiger partial charge < -0.3 is 4.98 Å². The van der Waals surface area contributed by atoms with Gasteiger partial charge in [0.05, 0.1) is 0 Å². The van der Waals surface area contributed by atoms with Crippen molar-refractivity contribution < 1.29 is 0 Å². The molecule has 0 fully saturated rings. The number of aromatic amines is 1. The second kappa shape index (κ2) is 4.50. The average Bonchev–Trinajstić information content (AvgIpc) is 2.28. The number of nitriles is 1. The smallest absolute Gasteiger partial charge is 0.266 e. The van der Waals surface area contributed by atoms with Crippen LogP contribution in [0.2, 0.25) is 0 Å². The second-order valence-corrected chi connectivity index (χ2v) is 4.50. The standard InChI is InChI=1S/C15H14N2O/c1-9-4-5-12(10(2)6-9)14-7-11(3)13(8-16)15(18)17-14/h4-7H,1-3H3,(H,17,18). The van der Waals surface area contributed by atoms with E-state index in [1.165, 1.54) is 5.56 Å². The van der Waals surface area contributed by atoms with E-state index in [-0.39, 0.29) is 11.1 Å². The molecule has 2 aromatic rings. The zero-order valence-corrected chi connectivity index (χ0v) is 10.7. The molecule has 0 aliphatic heterocycles. The molecule has 1 N–H and O–H groups in total. The highest BCUT2D eigenvalue weighted by atomic mass is 16.1. The molecule has 0 spiro atoms. The van der Waals surface area contributed by atoms with E-state index in [1.807, 2.05) is 38.1 Å². The number of H-pyrrole nitrogens is 1. The Balaban J connectivity index is 2.67. The normalized spacial score (nSPS) is 10.1. The molecule has 0 unspecified atom stereocenters. The van der Waals surface area contributed by atoms with Crippen molar-refractivity contribution in [1.82, 2.24) is 4.98 Å². The summed E-state index contributed by atoms with van der Waals surface area (Å²) in [6.45, 7) is 5.82. The first-order chi connectivity index (χ1) is 8.52. The molecule has 0 aliphatic rings. The number of pyridine rings is 1. The Bertz CT molecular complexity index is 705. The minimum Gasteiger partial charge on any atom is -0.321 e. The summed E-state index contributed by atoms with van der Waals surface area (Å²) in [5.74, 6) is 0. The molecular formula is C15H14N2O.